The highest BCUT2D eigenvalue weighted by Gasteiger charge is 2.16. The van der Waals surface area contributed by atoms with Gasteiger partial charge >= 0.3 is 5.97 Å². The highest BCUT2D eigenvalue weighted by Crippen LogP contribution is 2.24. The Morgan fingerprint density at radius 2 is 1.87 bits per heavy atom. The molecule has 7 nitrogen and oxygen atoms in total. The minimum atomic E-state index is -0.545. The maximum Gasteiger partial charge on any atom is 0.338 e. The number of hydrogen-bond acceptors (Lipinski definition) is 5. The summed E-state index contributed by atoms with van der Waals surface area (Å²) in [5.74, 6) is -0.871. The molecule has 3 aromatic rings. The lowest BCUT2D eigenvalue weighted by Gasteiger charge is -2.20. The number of aromatic nitrogens is 3. The summed E-state index contributed by atoms with van der Waals surface area (Å²) in [5.41, 5.74) is 5.00. The van der Waals surface area contributed by atoms with Crippen molar-refractivity contribution in [1.82, 2.24) is 20.1 Å². The highest BCUT2D eigenvalue weighted by molar-refractivity contribution is 5.91. The zero-order valence-corrected chi connectivity index (χ0v) is 16.9. The average Bonchev–Trinajstić information content (AvgIpc) is 3.32. The van der Waals surface area contributed by atoms with Gasteiger partial charge in [0.05, 0.1) is 17.3 Å². The van der Waals surface area contributed by atoms with Gasteiger partial charge in [-0.05, 0) is 73.6 Å². The predicted molar refractivity (Wildman–Crippen MR) is 111 cm³/mol. The minimum absolute atomic E-state index is 0.148. The van der Waals surface area contributed by atoms with E-state index in [4.69, 9.17) is 4.74 Å². The fourth-order valence-corrected chi connectivity index (χ4v) is 3.70. The van der Waals surface area contributed by atoms with E-state index in [9.17, 15) is 9.59 Å². The first-order valence-electron chi connectivity index (χ1n) is 10.1. The van der Waals surface area contributed by atoms with Crippen LogP contribution in [0, 0.1) is 0 Å². The van der Waals surface area contributed by atoms with Gasteiger partial charge in [-0.15, -0.1) is 0 Å². The third-order valence-electron chi connectivity index (χ3n) is 5.37. The van der Waals surface area contributed by atoms with Gasteiger partial charge in [-0.2, -0.15) is 5.10 Å². The third kappa shape index (κ3) is 4.56. The van der Waals surface area contributed by atoms with E-state index >= 15 is 0 Å². The molecule has 0 aliphatic heterocycles. The van der Waals surface area contributed by atoms with Gasteiger partial charge in [0, 0.05) is 0 Å². The summed E-state index contributed by atoms with van der Waals surface area (Å²) in [7, 11) is 0. The largest absolute Gasteiger partial charge is 0.452 e. The molecule has 1 aliphatic carbocycles. The zero-order chi connectivity index (χ0) is 20.9. The Balaban J connectivity index is 1.29. The molecular formula is C23H24N4O3. The van der Waals surface area contributed by atoms with E-state index in [1.807, 2.05) is 6.92 Å². The van der Waals surface area contributed by atoms with Gasteiger partial charge in [0.1, 0.15) is 12.7 Å². The van der Waals surface area contributed by atoms with Crippen LogP contribution in [0.1, 0.15) is 52.9 Å². The molecule has 4 rings (SSSR count). The van der Waals surface area contributed by atoms with E-state index in [2.05, 4.69) is 33.6 Å². The predicted octanol–water partition coefficient (Wildman–Crippen LogP) is 3.18. The smallest absolute Gasteiger partial charge is 0.338 e. The molecule has 1 aliphatic rings. The van der Waals surface area contributed by atoms with Crippen molar-refractivity contribution in [2.24, 2.45) is 0 Å². The van der Waals surface area contributed by atoms with Gasteiger partial charge in [0.2, 0.25) is 0 Å². The van der Waals surface area contributed by atoms with Crippen LogP contribution in [0.4, 0.5) is 0 Å². The molecule has 1 aromatic heterocycles. The van der Waals surface area contributed by atoms with Crippen molar-refractivity contribution in [3.05, 3.63) is 77.4 Å². The summed E-state index contributed by atoms with van der Waals surface area (Å²) < 4.78 is 6.75. The van der Waals surface area contributed by atoms with E-state index in [-0.39, 0.29) is 18.6 Å². The second-order valence-electron chi connectivity index (χ2n) is 7.49. The maximum absolute atomic E-state index is 12.3. The number of carbonyl (C=O) groups is 2. The molecule has 1 atom stereocenters. The molecule has 7 heteroatoms. The first-order valence-corrected chi connectivity index (χ1v) is 10.1. The molecule has 2 aromatic carbocycles. The molecule has 0 bridgehead atoms. The number of nitrogens with zero attached hydrogens (tertiary/aromatic N) is 3. The molecule has 0 radical (unpaired) electrons. The van der Waals surface area contributed by atoms with Gasteiger partial charge in [0.15, 0.2) is 6.61 Å². The van der Waals surface area contributed by atoms with Gasteiger partial charge in [0.25, 0.3) is 5.91 Å². The van der Waals surface area contributed by atoms with Crippen LogP contribution in [0.3, 0.4) is 0 Å². The summed E-state index contributed by atoms with van der Waals surface area (Å²) in [6, 6.07) is 13.0. The second-order valence-corrected chi connectivity index (χ2v) is 7.49. The van der Waals surface area contributed by atoms with Crippen molar-refractivity contribution >= 4 is 11.9 Å². The molecule has 1 heterocycles. The van der Waals surface area contributed by atoms with Gasteiger partial charge in [-0.1, -0.05) is 18.2 Å². The Kier molecular flexibility index (Phi) is 5.88. The van der Waals surface area contributed by atoms with Crippen molar-refractivity contribution < 1.29 is 14.3 Å². The van der Waals surface area contributed by atoms with E-state index in [0.29, 0.717) is 5.56 Å². The van der Waals surface area contributed by atoms with E-state index in [1.54, 1.807) is 35.3 Å². The summed E-state index contributed by atoms with van der Waals surface area (Å²) in [5, 5.41) is 6.94. The van der Waals surface area contributed by atoms with Gasteiger partial charge < -0.3 is 10.1 Å². The summed E-state index contributed by atoms with van der Waals surface area (Å²) >= 11 is 0. The monoisotopic (exact) mass is 404 g/mol. The number of ether oxygens (including phenoxy) is 1. The van der Waals surface area contributed by atoms with E-state index in [1.165, 1.54) is 30.3 Å². The molecule has 0 saturated carbocycles. The standard InChI is InChI=1S/C23H24N4O3/c1-16(19-7-6-17-4-2-3-5-20(17)12-19)26-22(28)13-30-23(29)18-8-10-21(11-9-18)27-15-24-14-25-27/h6-12,14-16H,2-5,13H2,1H3,(H,26,28)/t16-/m0/s1. The van der Waals surface area contributed by atoms with Gasteiger partial charge in [-0.3, -0.25) is 4.79 Å². The van der Waals surface area contributed by atoms with Crippen LogP contribution in [0.2, 0.25) is 0 Å². The number of fused-ring (bicyclic) bond motifs is 1. The average molecular weight is 404 g/mol. The number of nitrogens with one attached hydrogen (secondary N) is 1. The SMILES string of the molecule is C[C@H](NC(=O)COC(=O)c1ccc(-n2cncn2)cc1)c1ccc2c(c1)CCCC2. The van der Waals surface area contributed by atoms with Crippen LogP contribution in [0.5, 0.6) is 0 Å². The lowest BCUT2D eigenvalue weighted by atomic mass is 9.89. The van der Waals surface area contributed by atoms with Crippen LogP contribution in [0.25, 0.3) is 5.69 Å². The number of aryl methyl sites for hydroxylation is 2. The third-order valence-corrected chi connectivity index (χ3v) is 5.37. The molecule has 154 valence electrons. The first-order chi connectivity index (χ1) is 14.6. The van der Waals surface area contributed by atoms with Crippen LogP contribution in [-0.2, 0) is 22.4 Å². The van der Waals surface area contributed by atoms with Gasteiger partial charge in [-0.25, -0.2) is 14.5 Å². The number of esters is 1. The molecule has 1 N–H and O–H groups in total. The summed E-state index contributed by atoms with van der Waals surface area (Å²) in [6.07, 6.45) is 7.69. The molecular weight excluding hydrogens is 380 g/mol. The quantitative estimate of drug-likeness (QED) is 0.638. The van der Waals surface area contributed by atoms with Crippen LogP contribution >= 0.6 is 0 Å². The minimum Gasteiger partial charge on any atom is -0.452 e. The van der Waals surface area contributed by atoms with Crippen molar-refractivity contribution in [3.63, 3.8) is 0 Å². The lowest BCUT2D eigenvalue weighted by molar-refractivity contribution is -0.124. The Hall–Kier alpha value is -3.48. The fourth-order valence-electron chi connectivity index (χ4n) is 3.70. The zero-order valence-electron chi connectivity index (χ0n) is 16.9. The Bertz CT molecular complexity index is 1030. The molecule has 30 heavy (non-hydrogen) atoms. The Morgan fingerprint density at radius 3 is 2.60 bits per heavy atom. The second kappa shape index (κ2) is 8.90. The first kappa shape index (κ1) is 19.8. The number of amides is 1. The van der Waals surface area contributed by atoms with Crippen molar-refractivity contribution in [3.8, 4) is 5.69 Å². The topological polar surface area (TPSA) is 86.1 Å². The van der Waals surface area contributed by atoms with Crippen molar-refractivity contribution in [1.29, 1.82) is 0 Å². The number of hydrogen-bond donors (Lipinski definition) is 1. The fraction of sp³-hybridized carbons (Fsp3) is 0.304. The van der Waals surface area contributed by atoms with Crippen molar-refractivity contribution in [2.45, 2.75) is 38.6 Å². The number of rotatable bonds is 6. The molecule has 0 saturated heterocycles. The summed E-state index contributed by atoms with van der Waals surface area (Å²) in [6.45, 7) is 1.62. The maximum atomic E-state index is 12.3. The number of carbonyl (C=O) groups excluding carboxylic acids is 2. The van der Waals surface area contributed by atoms with Crippen LogP contribution in [-0.4, -0.2) is 33.2 Å². The van der Waals surface area contributed by atoms with E-state index in [0.717, 1.165) is 24.1 Å². The highest BCUT2D eigenvalue weighted by atomic mass is 16.5. The molecule has 1 amide bonds. The summed E-state index contributed by atoms with van der Waals surface area (Å²) in [4.78, 5) is 28.4. The van der Waals surface area contributed by atoms with Crippen LogP contribution < -0.4 is 5.32 Å². The molecule has 0 fully saturated rings. The van der Waals surface area contributed by atoms with E-state index < -0.39 is 5.97 Å². The molecule has 0 spiro atoms. The van der Waals surface area contributed by atoms with Crippen LogP contribution in [0.15, 0.2) is 55.1 Å². The molecule has 0 unspecified atom stereocenters. The van der Waals surface area contributed by atoms with Crippen molar-refractivity contribution in [2.75, 3.05) is 6.61 Å². The Labute approximate surface area is 175 Å². The Morgan fingerprint density at radius 1 is 1.10 bits per heavy atom. The lowest BCUT2D eigenvalue weighted by Crippen LogP contribution is -2.31. The normalized spacial score (nSPS) is 13.9. The number of benzene rings is 2.